The lowest BCUT2D eigenvalue weighted by atomic mass is 10.0. The van der Waals surface area contributed by atoms with Gasteiger partial charge in [0.15, 0.2) is 0 Å². The number of aliphatic carboxylic acids is 1. The predicted molar refractivity (Wildman–Crippen MR) is 94.9 cm³/mol. The third-order valence-electron chi connectivity index (χ3n) is 4.29. The van der Waals surface area contributed by atoms with Crippen molar-refractivity contribution in [2.45, 2.75) is 108 Å². The molecule has 0 bridgehead atoms. The van der Waals surface area contributed by atoms with E-state index < -0.39 is 12.1 Å². The summed E-state index contributed by atoms with van der Waals surface area (Å²) in [7, 11) is 0. The van der Waals surface area contributed by atoms with Gasteiger partial charge in [0.25, 0.3) is 0 Å². The van der Waals surface area contributed by atoms with Crippen LogP contribution in [-0.4, -0.2) is 22.4 Å². The van der Waals surface area contributed by atoms with Gasteiger partial charge in [-0.25, -0.2) is 0 Å². The van der Waals surface area contributed by atoms with Crippen LogP contribution in [0.1, 0.15) is 96.8 Å². The van der Waals surface area contributed by atoms with Crippen LogP contribution in [0.3, 0.4) is 0 Å². The Morgan fingerprint density at radius 2 is 1.60 bits per heavy atom. The second kappa shape index (κ2) is 18.5. The fourth-order valence-electron chi connectivity index (χ4n) is 2.85. The standard InChI is InChI=1S/C18H36O6S/c1-2-3-4-5-6-10-13-17(25-24-23-22)15-16(19)12-9-7-8-11-14-18(20)21/h16-17,19,22H,2-15H2,1H3,(H,20,21)/p-2. The Morgan fingerprint density at radius 1 is 1.00 bits per heavy atom. The smallest absolute Gasteiger partial charge is 0.0551 e. The summed E-state index contributed by atoms with van der Waals surface area (Å²) in [4.78, 5) is 10.3. The van der Waals surface area contributed by atoms with Crippen molar-refractivity contribution in [1.29, 1.82) is 0 Å². The molecule has 0 saturated carbocycles. The minimum Gasteiger partial charge on any atom is -0.691 e. The number of carboxylic acid groups (broad SMARTS) is 1. The fourth-order valence-corrected chi connectivity index (χ4v) is 3.56. The van der Waals surface area contributed by atoms with Crippen LogP contribution < -0.4 is 10.4 Å². The van der Waals surface area contributed by atoms with Gasteiger partial charge in [-0.3, -0.25) is 5.04 Å². The molecule has 0 saturated heterocycles. The molecule has 2 atom stereocenters. The molecule has 0 radical (unpaired) electrons. The maximum atomic E-state index is 10.3. The molecule has 150 valence electrons. The van der Waals surface area contributed by atoms with E-state index in [1.165, 1.54) is 25.7 Å². The molecule has 0 spiro atoms. The first kappa shape index (κ1) is 24.7. The Kier molecular flexibility index (Phi) is 18.2. The van der Waals surface area contributed by atoms with Crippen molar-refractivity contribution in [2.24, 2.45) is 0 Å². The molecule has 0 aliphatic heterocycles. The van der Waals surface area contributed by atoms with Crippen molar-refractivity contribution in [2.75, 3.05) is 0 Å². The minimum absolute atomic E-state index is 0.0493. The van der Waals surface area contributed by atoms with E-state index in [1.54, 1.807) is 0 Å². The van der Waals surface area contributed by atoms with Gasteiger partial charge in [-0.15, -0.1) is 0 Å². The Morgan fingerprint density at radius 3 is 2.24 bits per heavy atom. The average molecular weight is 379 g/mol. The second-order valence-electron chi connectivity index (χ2n) is 6.63. The predicted octanol–water partition coefficient (Wildman–Crippen LogP) is 2.82. The second-order valence-corrected chi connectivity index (χ2v) is 7.62. The largest absolute Gasteiger partial charge is 0.691 e. The van der Waals surface area contributed by atoms with Gasteiger partial charge in [0.1, 0.15) is 0 Å². The number of hydrogen-bond acceptors (Lipinski definition) is 7. The molecule has 0 aromatic carbocycles. The van der Waals surface area contributed by atoms with Crippen molar-refractivity contribution in [3.63, 3.8) is 0 Å². The van der Waals surface area contributed by atoms with Crippen molar-refractivity contribution in [3.05, 3.63) is 0 Å². The third-order valence-corrected chi connectivity index (χ3v) is 5.12. The number of aliphatic hydroxyl groups is 1. The average Bonchev–Trinajstić information content (AvgIpc) is 2.58. The molecule has 1 N–H and O–H groups in total. The lowest BCUT2D eigenvalue weighted by molar-refractivity contribution is -0.777. The maximum absolute atomic E-state index is 10.3. The molecule has 2 unspecified atom stereocenters. The molecule has 0 heterocycles. The van der Waals surface area contributed by atoms with Gasteiger partial charge in [-0.2, -0.15) is 4.33 Å². The Balaban J connectivity index is 3.80. The first-order chi connectivity index (χ1) is 12.1. The van der Waals surface area contributed by atoms with E-state index in [2.05, 4.69) is 16.3 Å². The van der Waals surface area contributed by atoms with Gasteiger partial charge < -0.3 is 20.3 Å². The summed E-state index contributed by atoms with van der Waals surface area (Å²) in [6, 6.07) is 0. The SMILES string of the molecule is CCCCCCCCC(CC(O)CCCCCCC(=O)[O-])SOO[O-]. The van der Waals surface area contributed by atoms with E-state index in [1.807, 2.05) is 0 Å². The van der Waals surface area contributed by atoms with Crippen molar-refractivity contribution in [1.82, 2.24) is 0 Å². The highest BCUT2D eigenvalue weighted by Crippen LogP contribution is 2.25. The molecule has 0 aliphatic rings. The van der Waals surface area contributed by atoms with E-state index in [9.17, 15) is 20.3 Å². The van der Waals surface area contributed by atoms with Gasteiger partial charge in [-0.1, -0.05) is 64.7 Å². The van der Waals surface area contributed by atoms with Gasteiger partial charge in [0.2, 0.25) is 0 Å². The van der Waals surface area contributed by atoms with Crippen LogP contribution in [0.25, 0.3) is 0 Å². The summed E-state index contributed by atoms with van der Waals surface area (Å²) >= 11 is 1.00. The lowest BCUT2D eigenvalue weighted by Gasteiger charge is -2.19. The number of aliphatic hydroxyl groups excluding tert-OH is 1. The Labute approximate surface area is 156 Å². The zero-order valence-electron chi connectivity index (χ0n) is 15.5. The molecule has 25 heavy (non-hydrogen) atoms. The summed E-state index contributed by atoms with van der Waals surface area (Å²) in [6.45, 7) is 2.19. The summed E-state index contributed by atoms with van der Waals surface area (Å²) in [5.74, 6) is -1.00. The molecular formula is C18H34O6S-2. The van der Waals surface area contributed by atoms with E-state index >= 15 is 0 Å². The molecule has 0 rings (SSSR count). The maximum Gasteiger partial charge on any atom is 0.0551 e. The topological polar surface area (TPSA) is 102 Å². The first-order valence-corrected chi connectivity index (χ1v) is 10.4. The van der Waals surface area contributed by atoms with Gasteiger partial charge in [0.05, 0.1) is 6.10 Å². The summed E-state index contributed by atoms with van der Waals surface area (Å²) < 4.78 is 4.46. The highest BCUT2D eigenvalue weighted by molar-refractivity contribution is 7.95. The number of rotatable bonds is 19. The number of unbranched alkanes of at least 4 members (excludes halogenated alkanes) is 8. The van der Waals surface area contributed by atoms with Crippen molar-refractivity contribution < 1.29 is 29.6 Å². The number of carboxylic acids is 1. The first-order valence-electron chi connectivity index (χ1n) is 9.60. The van der Waals surface area contributed by atoms with Crippen LogP contribution in [0, 0.1) is 0 Å². The normalized spacial score (nSPS) is 13.7. The molecule has 0 aromatic rings. The molecule has 0 amide bonds. The van der Waals surface area contributed by atoms with Gasteiger partial charge >= 0.3 is 0 Å². The molecular weight excluding hydrogens is 344 g/mol. The zero-order chi connectivity index (χ0) is 18.8. The minimum atomic E-state index is -1.00. The molecule has 7 heteroatoms. The van der Waals surface area contributed by atoms with Gasteiger partial charge in [-0.05, 0) is 32.1 Å². The van der Waals surface area contributed by atoms with E-state index in [4.69, 9.17) is 0 Å². The lowest BCUT2D eigenvalue weighted by Crippen LogP contribution is -2.21. The summed E-state index contributed by atoms with van der Waals surface area (Å²) in [5, 5.41) is 34.0. The highest BCUT2D eigenvalue weighted by atomic mass is 32.2. The van der Waals surface area contributed by atoms with Gasteiger partial charge in [0, 0.05) is 23.3 Å². The Bertz CT molecular complexity index is 303. The summed E-state index contributed by atoms with van der Waals surface area (Å²) in [5.41, 5.74) is 0. The molecule has 6 nitrogen and oxygen atoms in total. The highest BCUT2D eigenvalue weighted by Gasteiger charge is 2.16. The molecule has 0 aromatic heterocycles. The van der Waals surface area contributed by atoms with Crippen LogP contribution in [0.2, 0.25) is 0 Å². The van der Waals surface area contributed by atoms with Crippen LogP contribution in [-0.2, 0) is 14.2 Å². The quantitative estimate of drug-likeness (QED) is 0.160. The van der Waals surface area contributed by atoms with E-state index in [-0.39, 0.29) is 11.7 Å². The number of hydrogen-bond donors (Lipinski definition) is 1. The van der Waals surface area contributed by atoms with E-state index in [0.717, 1.165) is 50.6 Å². The van der Waals surface area contributed by atoms with Crippen LogP contribution in [0.5, 0.6) is 0 Å². The molecule has 0 aliphatic carbocycles. The van der Waals surface area contributed by atoms with E-state index in [0.29, 0.717) is 19.3 Å². The number of carbonyl (C=O) groups excluding carboxylic acids is 1. The van der Waals surface area contributed by atoms with Crippen molar-refractivity contribution >= 4 is 18.0 Å². The van der Waals surface area contributed by atoms with Crippen LogP contribution >= 0.6 is 12.0 Å². The summed E-state index contributed by atoms with van der Waals surface area (Å²) in [6.07, 6.45) is 12.2. The van der Waals surface area contributed by atoms with Crippen molar-refractivity contribution in [3.8, 4) is 0 Å². The van der Waals surface area contributed by atoms with Crippen LogP contribution in [0.4, 0.5) is 0 Å². The molecule has 0 fully saturated rings. The number of carbonyl (C=O) groups is 1. The monoisotopic (exact) mass is 378 g/mol. The third kappa shape index (κ3) is 18.3. The fraction of sp³-hybridized carbons (Fsp3) is 0.944. The Hall–Kier alpha value is -0.340. The van der Waals surface area contributed by atoms with Crippen LogP contribution in [0.15, 0.2) is 0 Å². The zero-order valence-corrected chi connectivity index (χ0v) is 16.3.